The maximum atomic E-state index is 12.8. The number of piperidine rings is 1. The number of sulfonamides is 1. The molecule has 2 aromatic rings. The number of piperazine rings is 1. The van der Waals surface area contributed by atoms with Crippen LogP contribution in [0.1, 0.15) is 31.2 Å². The summed E-state index contributed by atoms with van der Waals surface area (Å²) >= 11 is 0. The van der Waals surface area contributed by atoms with E-state index in [1.807, 2.05) is 29.2 Å². The second-order valence-corrected chi connectivity index (χ2v) is 10.4. The first-order valence-electron chi connectivity index (χ1n) is 11.3. The lowest BCUT2D eigenvalue weighted by atomic mass is 10.1. The van der Waals surface area contributed by atoms with E-state index in [1.165, 1.54) is 0 Å². The van der Waals surface area contributed by atoms with E-state index in [0.29, 0.717) is 57.0 Å². The van der Waals surface area contributed by atoms with Gasteiger partial charge in [-0.3, -0.25) is 4.79 Å². The van der Waals surface area contributed by atoms with Crippen LogP contribution in [-0.4, -0.2) is 67.9 Å². The minimum Gasteiger partial charge on any atom is -0.506 e. The molecule has 7 nitrogen and oxygen atoms in total. The Labute approximate surface area is 190 Å². The van der Waals surface area contributed by atoms with Crippen molar-refractivity contribution in [2.45, 2.75) is 37.0 Å². The number of anilines is 1. The van der Waals surface area contributed by atoms with Crippen molar-refractivity contribution in [1.29, 1.82) is 0 Å². The third-order valence-electron chi connectivity index (χ3n) is 6.36. The van der Waals surface area contributed by atoms with E-state index < -0.39 is 10.0 Å². The first kappa shape index (κ1) is 22.6. The zero-order valence-corrected chi connectivity index (χ0v) is 19.1. The van der Waals surface area contributed by atoms with Crippen molar-refractivity contribution in [1.82, 2.24) is 9.21 Å². The summed E-state index contributed by atoms with van der Waals surface area (Å²) in [7, 11) is -3.42. The van der Waals surface area contributed by atoms with Gasteiger partial charge in [-0.25, -0.2) is 8.42 Å². The highest BCUT2D eigenvalue weighted by molar-refractivity contribution is 7.89. The van der Waals surface area contributed by atoms with E-state index in [-0.39, 0.29) is 11.7 Å². The number of phenols is 1. The number of benzene rings is 2. The minimum absolute atomic E-state index is 0.104. The minimum atomic E-state index is -3.42. The molecule has 172 valence electrons. The molecule has 0 atom stereocenters. The van der Waals surface area contributed by atoms with E-state index in [0.717, 1.165) is 30.5 Å². The SMILES string of the molecule is O=C(CCc1ccc(S(=O)(=O)N2CCCCC2)cc1)N1CCN(c2ccccc2O)CC1. The van der Waals surface area contributed by atoms with E-state index in [2.05, 4.69) is 4.90 Å². The van der Waals surface area contributed by atoms with Gasteiger partial charge in [-0.2, -0.15) is 4.31 Å². The van der Waals surface area contributed by atoms with Crippen LogP contribution in [0.4, 0.5) is 5.69 Å². The molecule has 0 aliphatic carbocycles. The van der Waals surface area contributed by atoms with Gasteiger partial charge in [-0.1, -0.05) is 30.7 Å². The monoisotopic (exact) mass is 457 g/mol. The summed E-state index contributed by atoms with van der Waals surface area (Å²) in [5.41, 5.74) is 1.77. The number of aromatic hydroxyl groups is 1. The molecule has 0 saturated carbocycles. The number of para-hydroxylation sites is 2. The molecule has 2 aliphatic heterocycles. The summed E-state index contributed by atoms with van der Waals surface area (Å²) in [6.07, 6.45) is 3.90. The van der Waals surface area contributed by atoms with Crippen molar-refractivity contribution < 1.29 is 18.3 Å². The molecule has 0 bridgehead atoms. The molecule has 32 heavy (non-hydrogen) atoms. The van der Waals surface area contributed by atoms with Gasteiger partial charge in [0.2, 0.25) is 15.9 Å². The second kappa shape index (κ2) is 9.92. The Bertz CT molecular complexity index is 1030. The average Bonchev–Trinajstić information content (AvgIpc) is 2.84. The van der Waals surface area contributed by atoms with Crippen LogP contribution < -0.4 is 4.90 Å². The summed E-state index contributed by atoms with van der Waals surface area (Å²) in [5.74, 6) is 0.366. The van der Waals surface area contributed by atoms with Crippen molar-refractivity contribution in [3.8, 4) is 5.75 Å². The molecule has 2 fully saturated rings. The quantitative estimate of drug-likeness (QED) is 0.722. The zero-order chi connectivity index (χ0) is 22.6. The molecular formula is C24H31N3O4S. The number of carbonyl (C=O) groups excluding carboxylic acids is 1. The lowest BCUT2D eigenvalue weighted by Gasteiger charge is -2.36. The molecule has 1 N–H and O–H groups in total. The van der Waals surface area contributed by atoms with Gasteiger partial charge in [-0.15, -0.1) is 0 Å². The van der Waals surface area contributed by atoms with Crippen LogP contribution in [0.15, 0.2) is 53.4 Å². The first-order chi connectivity index (χ1) is 15.4. The maximum absolute atomic E-state index is 12.8. The summed E-state index contributed by atoms with van der Waals surface area (Å²) in [4.78, 5) is 17.0. The first-order valence-corrected chi connectivity index (χ1v) is 12.8. The highest BCUT2D eigenvalue weighted by Crippen LogP contribution is 2.27. The fourth-order valence-corrected chi connectivity index (χ4v) is 5.94. The van der Waals surface area contributed by atoms with Crippen molar-refractivity contribution in [3.63, 3.8) is 0 Å². The van der Waals surface area contributed by atoms with E-state index in [9.17, 15) is 18.3 Å². The number of amides is 1. The van der Waals surface area contributed by atoms with Crippen LogP contribution in [0.25, 0.3) is 0 Å². The van der Waals surface area contributed by atoms with E-state index >= 15 is 0 Å². The van der Waals surface area contributed by atoms with Gasteiger partial charge in [0.25, 0.3) is 0 Å². The Kier molecular flexibility index (Phi) is 7.01. The molecular weight excluding hydrogens is 426 g/mol. The lowest BCUT2D eigenvalue weighted by molar-refractivity contribution is -0.131. The molecule has 0 radical (unpaired) electrons. The number of hydrogen-bond donors (Lipinski definition) is 1. The topological polar surface area (TPSA) is 81.2 Å². The van der Waals surface area contributed by atoms with Gasteiger partial charge in [0.1, 0.15) is 5.75 Å². The van der Waals surface area contributed by atoms with Gasteiger partial charge in [0, 0.05) is 45.7 Å². The summed E-state index contributed by atoms with van der Waals surface area (Å²) in [6.45, 7) is 3.81. The molecule has 2 aliphatic rings. The Hall–Kier alpha value is -2.58. The van der Waals surface area contributed by atoms with E-state index in [1.54, 1.807) is 28.6 Å². The molecule has 0 unspecified atom stereocenters. The molecule has 0 aromatic heterocycles. The molecule has 0 spiro atoms. The highest BCUT2D eigenvalue weighted by Gasteiger charge is 2.26. The molecule has 8 heteroatoms. The Morgan fingerprint density at radius 2 is 1.50 bits per heavy atom. The summed E-state index contributed by atoms with van der Waals surface area (Å²) < 4.78 is 27.1. The maximum Gasteiger partial charge on any atom is 0.243 e. The van der Waals surface area contributed by atoms with Crippen LogP contribution in [-0.2, 0) is 21.2 Å². The summed E-state index contributed by atoms with van der Waals surface area (Å²) in [5, 5.41) is 10.0. The molecule has 2 aromatic carbocycles. The van der Waals surface area contributed by atoms with Crippen molar-refractivity contribution in [3.05, 3.63) is 54.1 Å². The van der Waals surface area contributed by atoms with Crippen LogP contribution in [0.5, 0.6) is 5.75 Å². The Morgan fingerprint density at radius 1 is 0.844 bits per heavy atom. The lowest BCUT2D eigenvalue weighted by Crippen LogP contribution is -2.48. The largest absolute Gasteiger partial charge is 0.506 e. The van der Waals surface area contributed by atoms with Crippen molar-refractivity contribution in [2.24, 2.45) is 0 Å². The average molecular weight is 458 g/mol. The number of rotatable bonds is 6. The van der Waals surface area contributed by atoms with Gasteiger partial charge >= 0.3 is 0 Å². The van der Waals surface area contributed by atoms with Gasteiger partial charge in [0.05, 0.1) is 10.6 Å². The predicted molar refractivity (Wildman–Crippen MR) is 124 cm³/mol. The zero-order valence-electron chi connectivity index (χ0n) is 18.3. The smallest absolute Gasteiger partial charge is 0.243 e. The molecule has 2 heterocycles. The van der Waals surface area contributed by atoms with E-state index in [4.69, 9.17) is 0 Å². The van der Waals surface area contributed by atoms with Crippen LogP contribution in [0.2, 0.25) is 0 Å². The number of nitrogens with zero attached hydrogens (tertiary/aromatic N) is 3. The number of phenolic OH excluding ortho intramolecular Hbond substituents is 1. The van der Waals surface area contributed by atoms with Crippen LogP contribution in [0.3, 0.4) is 0 Å². The highest BCUT2D eigenvalue weighted by atomic mass is 32.2. The number of aryl methyl sites for hydroxylation is 1. The van der Waals surface area contributed by atoms with Gasteiger partial charge < -0.3 is 14.9 Å². The fraction of sp³-hybridized carbons (Fsp3) is 0.458. The third kappa shape index (κ3) is 5.07. The molecule has 2 saturated heterocycles. The standard InChI is InChI=1S/C24H31N3O4S/c28-23-7-3-2-6-22(23)25-16-18-26(19-17-25)24(29)13-10-20-8-11-21(12-9-20)32(30,31)27-14-4-1-5-15-27/h2-3,6-9,11-12,28H,1,4-5,10,13-19H2. The Balaban J connectivity index is 1.28. The van der Waals surface area contributed by atoms with Gasteiger partial charge in [0.15, 0.2) is 0 Å². The number of carbonyl (C=O) groups is 1. The van der Waals surface area contributed by atoms with Gasteiger partial charge in [-0.05, 0) is 49.1 Å². The number of hydrogen-bond acceptors (Lipinski definition) is 5. The summed E-state index contributed by atoms with van der Waals surface area (Å²) in [6, 6.07) is 14.2. The predicted octanol–water partition coefficient (Wildman–Crippen LogP) is 2.85. The van der Waals surface area contributed by atoms with Crippen molar-refractivity contribution >= 4 is 21.6 Å². The molecule has 4 rings (SSSR count). The Morgan fingerprint density at radius 3 is 2.16 bits per heavy atom. The van der Waals surface area contributed by atoms with Crippen molar-refractivity contribution in [2.75, 3.05) is 44.2 Å². The normalized spacial score (nSPS) is 18.0. The second-order valence-electron chi connectivity index (χ2n) is 8.47. The third-order valence-corrected chi connectivity index (χ3v) is 8.27. The van der Waals surface area contributed by atoms with Crippen LogP contribution in [0, 0.1) is 0 Å². The molecule has 1 amide bonds. The fourth-order valence-electron chi connectivity index (χ4n) is 4.42. The van der Waals surface area contributed by atoms with Crippen LogP contribution >= 0.6 is 0 Å².